The molecule has 0 aliphatic carbocycles. The first-order valence-electron chi connectivity index (χ1n) is 5.14. The standard InChI is InChI=1S/C12H16INO2/c1-12(2,7-8-15)14-11(16)9-5-3-4-6-10(9)13/h3-6,15H,7-8H2,1-2H3,(H,14,16). The summed E-state index contributed by atoms with van der Waals surface area (Å²) in [6, 6.07) is 7.44. The van der Waals surface area contributed by atoms with Gasteiger partial charge in [0.15, 0.2) is 0 Å². The minimum absolute atomic E-state index is 0.0686. The monoisotopic (exact) mass is 333 g/mol. The summed E-state index contributed by atoms with van der Waals surface area (Å²) in [6.45, 7) is 3.87. The molecule has 0 spiro atoms. The summed E-state index contributed by atoms with van der Waals surface area (Å²) in [6.07, 6.45) is 0.544. The van der Waals surface area contributed by atoms with Gasteiger partial charge in [-0.05, 0) is 55.0 Å². The average molecular weight is 333 g/mol. The van der Waals surface area contributed by atoms with Crippen LogP contribution in [0.4, 0.5) is 0 Å². The van der Waals surface area contributed by atoms with E-state index in [4.69, 9.17) is 5.11 Å². The van der Waals surface area contributed by atoms with Crippen LogP contribution in [0.5, 0.6) is 0 Å². The Labute approximate surface area is 109 Å². The number of benzene rings is 1. The van der Waals surface area contributed by atoms with E-state index in [0.717, 1.165) is 3.57 Å². The fourth-order valence-corrected chi connectivity index (χ4v) is 1.99. The Morgan fingerprint density at radius 2 is 2.06 bits per heavy atom. The number of halogens is 1. The Kier molecular flexibility index (Phi) is 4.73. The van der Waals surface area contributed by atoms with E-state index in [0.29, 0.717) is 12.0 Å². The normalized spacial score (nSPS) is 11.2. The summed E-state index contributed by atoms with van der Waals surface area (Å²) in [4.78, 5) is 12.0. The molecule has 4 heteroatoms. The van der Waals surface area contributed by atoms with E-state index >= 15 is 0 Å². The number of hydrogen-bond acceptors (Lipinski definition) is 2. The van der Waals surface area contributed by atoms with Gasteiger partial charge in [-0.25, -0.2) is 0 Å². The van der Waals surface area contributed by atoms with Crippen molar-refractivity contribution in [1.29, 1.82) is 0 Å². The van der Waals surface area contributed by atoms with Gasteiger partial charge in [0, 0.05) is 15.7 Å². The van der Waals surface area contributed by atoms with Crippen molar-refractivity contribution in [2.75, 3.05) is 6.61 Å². The van der Waals surface area contributed by atoms with Crippen LogP contribution in [0.15, 0.2) is 24.3 Å². The molecule has 1 rings (SSSR count). The van der Waals surface area contributed by atoms with Crippen molar-refractivity contribution in [3.63, 3.8) is 0 Å². The number of hydrogen-bond donors (Lipinski definition) is 2. The molecule has 0 bridgehead atoms. The van der Waals surface area contributed by atoms with E-state index in [1.165, 1.54) is 0 Å². The molecule has 0 atom stereocenters. The van der Waals surface area contributed by atoms with E-state index in [2.05, 4.69) is 27.9 Å². The lowest BCUT2D eigenvalue weighted by Gasteiger charge is -2.25. The van der Waals surface area contributed by atoms with Crippen molar-refractivity contribution < 1.29 is 9.90 Å². The Bertz CT molecular complexity index is 377. The maximum atomic E-state index is 12.0. The number of aliphatic hydroxyl groups excluding tert-OH is 1. The van der Waals surface area contributed by atoms with Crippen molar-refractivity contribution in [2.24, 2.45) is 0 Å². The lowest BCUT2D eigenvalue weighted by molar-refractivity contribution is 0.0898. The van der Waals surface area contributed by atoms with Crippen LogP contribution in [0, 0.1) is 3.57 Å². The molecule has 0 unspecified atom stereocenters. The Morgan fingerprint density at radius 3 is 2.62 bits per heavy atom. The van der Waals surface area contributed by atoms with Gasteiger partial charge >= 0.3 is 0 Å². The van der Waals surface area contributed by atoms with Gasteiger partial charge < -0.3 is 10.4 Å². The second-order valence-electron chi connectivity index (χ2n) is 4.29. The summed E-state index contributed by atoms with van der Waals surface area (Å²) >= 11 is 2.14. The summed E-state index contributed by atoms with van der Waals surface area (Å²) < 4.78 is 0.928. The number of amides is 1. The van der Waals surface area contributed by atoms with Crippen LogP contribution >= 0.6 is 22.6 Å². The van der Waals surface area contributed by atoms with Crippen molar-refractivity contribution in [1.82, 2.24) is 5.32 Å². The van der Waals surface area contributed by atoms with E-state index in [1.807, 2.05) is 32.0 Å². The molecule has 16 heavy (non-hydrogen) atoms. The van der Waals surface area contributed by atoms with Gasteiger partial charge in [-0.3, -0.25) is 4.79 Å². The quantitative estimate of drug-likeness (QED) is 0.830. The van der Waals surface area contributed by atoms with Gasteiger partial charge in [-0.15, -0.1) is 0 Å². The molecule has 2 N–H and O–H groups in total. The van der Waals surface area contributed by atoms with Crippen LogP contribution in [0.25, 0.3) is 0 Å². The minimum Gasteiger partial charge on any atom is -0.396 e. The third kappa shape index (κ3) is 3.75. The van der Waals surface area contributed by atoms with Crippen LogP contribution in [0.3, 0.4) is 0 Å². The third-order valence-corrected chi connectivity index (χ3v) is 3.25. The topological polar surface area (TPSA) is 49.3 Å². The molecule has 3 nitrogen and oxygen atoms in total. The smallest absolute Gasteiger partial charge is 0.252 e. The van der Waals surface area contributed by atoms with E-state index in [-0.39, 0.29) is 18.1 Å². The second kappa shape index (κ2) is 5.63. The zero-order valence-corrected chi connectivity index (χ0v) is 11.6. The van der Waals surface area contributed by atoms with Gasteiger partial charge in [-0.1, -0.05) is 12.1 Å². The number of nitrogens with one attached hydrogen (secondary N) is 1. The van der Waals surface area contributed by atoms with Crippen LogP contribution in [0.1, 0.15) is 30.6 Å². The highest BCUT2D eigenvalue weighted by atomic mass is 127. The first kappa shape index (κ1) is 13.4. The first-order valence-corrected chi connectivity index (χ1v) is 6.22. The maximum Gasteiger partial charge on any atom is 0.252 e. The molecule has 0 fully saturated rings. The fourth-order valence-electron chi connectivity index (χ4n) is 1.36. The van der Waals surface area contributed by atoms with Gasteiger partial charge in [0.2, 0.25) is 0 Å². The zero-order valence-electron chi connectivity index (χ0n) is 9.46. The lowest BCUT2D eigenvalue weighted by Crippen LogP contribution is -2.44. The first-order chi connectivity index (χ1) is 7.46. The highest BCUT2D eigenvalue weighted by Gasteiger charge is 2.21. The lowest BCUT2D eigenvalue weighted by atomic mass is 10.0. The van der Waals surface area contributed by atoms with Crippen LogP contribution < -0.4 is 5.32 Å². The Balaban J connectivity index is 2.77. The van der Waals surface area contributed by atoms with Crippen LogP contribution in [-0.2, 0) is 0 Å². The van der Waals surface area contributed by atoms with Gasteiger partial charge in [-0.2, -0.15) is 0 Å². The molecule has 1 aromatic rings. The highest BCUT2D eigenvalue weighted by Crippen LogP contribution is 2.14. The number of aliphatic hydroxyl groups is 1. The molecular formula is C12H16INO2. The molecule has 0 aliphatic rings. The molecular weight excluding hydrogens is 317 g/mol. The molecule has 1 aromatic carbocycles. The van der Waals surface area contributed by atoms with E-state index in [9.17, 15) is 4.79 Å². The Morgan fingerprint density at radius 1 is 1.44 bits per heavy atom. The molecule has 0 aromatic heterocycles. The molecule has 0 heterocycles. The number of carbonyl (C=O) groups excluding carboxylic acids is 1. The SMILES string of the molecule is CC(C)(CCO)NC(=O)c1ccccc1I. The summed E-state index contributed by atoms with van der Waals surface area (Å²) in [5, 5.41) is 11.8. The van der Waals surface area contributed by atoms with Crippen LogP contribution in [-0.4, -0.2) is 23.2 Å². The summed E-state index contributed by atoms with van der Waals surface area (Å²) in [5.41, 5.74) is 0.291. The predicted molar refractivity (Wildman–Crippen MR) is 72.4 cm³/mol. The van der Waals surface area contributed by atoms with Gasteiger partial charge in [0.25, 0.3) is 5.91 Å². The fraction of sp³-hybridized carbons (Fsp3) is 0.417. The van der Waals surface area contributed by atoms with Crippen molar-refractivity contribution in [3.05, 3.63) is 33.4 Å². The molecule has 0 saturated carbocycles. The number of carbonyl (C=O) groups is 1. The van der Waals surface area contributed by atoms with Gasteiger partial charge in [0.05, 0.1) is 5.56 Å². The molecule has 88 valence electrons. The molecule has 0 saturated heterocycles. The third-order valence-electron chi connectivity index (χ3n) is 2.31. The zero-order chi connectivity index (χ0) is 12.2. The second-order valence-corrected chi connectivity index (χ2v) is 5.45. The maximum absolute atomic E-state index is 12.0. The van der Waals surface area contributed by atoms with Gasteiger partial charge in [0.1, 0.15) is 0 Å². The summed E-state index contributed by atoms with van der Waals surface area (Å²) in [5.74, 6) is -0.0940. The van der Waals surface area contributed by atoms with E-state index in [1.54, 1.807) is 6.07 Å². The number of rotatable bonds is 4. The molecule has 1 amide bonds. The van der Waals surface area contributed by atoms with E-state index < -0.39 is 0 Å². The highest BCUT2D eigenvalue weighted by molar-refractivity contribution is 14.1. The largest absolute Gasteiger partial charge is 0.396 e. The molecule has 0 aliphatic heterocycles. The van der Waals surface area contributed by atoms with Crippen molar-refractivity contribution >= 4 is 28.5 Å². The molecule has 0 radical (unpaired) electrons. The average Bonchev–Trinajstić information content (AvgIpc) is 2.17. The predicted octanol–water partition coefficient (Wildman–Crippen LogP) is 2.18. The minimum atomic E-state index is -0.384. The van der Waals surface area contributed by atoms with Crippen molar-refractivity contribution in [2.45, 2.75) is 25.8 Å². The van der Waals surface area contributed by atoms with Crippen molar-refractivity contribution in [3.8, 4) is 0 Å². The van der Waals surface area contributed by atoms with Crippen LogP contribution in [0.2, 0.25) is 0 Å². The Hall–Kier alpha value is -0.620. The summed E-state index contributed by atoms with van der Waals surface area (Å²) in [7, 11) is 0.